The van der Waals surface area contributed by atoms with Crippen LogP contribution in [0.5, 0.6) is 0 Å². The van der Waals surface area contributed by atoms with Crippen molar-refractivity contribution in [1.82, 2.24) is 9.78 Å². The molecule has 0 fully saturated rings. The smallest absolute Gasteiger partial charge is 0.0935 e. The summed E-state index contributed by atoms with van der Waals surface area (Å²) in [6.07, 6.45) is 7.32. The van der Waals surface area contributed by atoms with Gasteiger partial charge in [0.2, 0.25) is 0 Å². The average molecular weight is 170 g/mol. The van der Waals surface area contributed by atoms with Crippen LogP contribution in [0.15, 0.2) is 24.4 Å². The predicted molar refractivity (Wildman–Crippen MR) is 53.3 cm³/mol. The fourth-order valence-corrected chi connectivity index (χ4v) is 1.32. The second kappa shape index (κ2) is 2.95. The van der Waals surface area contributed by atoms with Gasteiger partial charge >= 0.3 is 0 Å². The van der Waals surface area contributed by atoms with Gasteiger partial charge in [0.05, 0.1) is 5.52 Å². The van der Waals surface area contributed by atoms with E-state index < -0.39 is 0 Å². The lowest BCUT2D eigenvalue weighted by Crippen LogP contribution is -1.92. The number of hydrogen-bond acceptors (Lipinski definition) is 1. The number of aromatic nitrogens is 2. The molecular weight excluding hydrogens is 160 g/mol. The van der Waals surface area contributed by atoms with E-state index in [0.29, 0.717) is 0 Å². The number of terminal acetylenes is 1. The molecule has 64 valence electrons. The van der Waals surface area contributed by atoms with Gasteiger partial charge in [0.15, 0.2) is 0 Å². The SMILES string of the molecule is C#Cc1ccc2cn(CC)nc2c1. The molecule has 0 amide bonds. The molecule has 1 aromatic heterocycles. The van der Waals surface area contributed by atoms with Gasteiger partial charge in [-0.2, -0.15) is 5.10 Å². The van der Waals surface area contributed by atoms with Crippen molar-refractivity contribution >= 4 is 10.9 Å². The van der Waals surface area contributed by atoms with Crippen molar-refractivity contribution in [3.05, 3.63) is 30.0 Å². The first-order valence-corrected chi connectivity index (χ1v) is 4.27. The summed E-state index contributed by atoms with van der Waals surface area (Å²) in [5, 5.41) is 5.50. The first-order chi connectivity index (χ1) is 6.33. The number of aryl methyl sites for hydroxylation is 1. The molecule has 1 heterocycles. The normalized spacial score (nSPS) is 10.2. The van der Waals surface area contributed by atoms with Gasteiger partial charge in [-0.3, -0.25) is 4.68 Å². The quantitative estimate of drug-likeness (QED) is 0.599. The Kier molecular flexibility index (Phi) is 1.79. The van der Waals surface area contributed by atoms with Crippen LogP contribution in [-0.4, -0.2) is 9.78 Å². The molecule has 0 atom stereocenters. The highest BCUT2D eigenvalue weighted by Crippen LogP contribution is 2.13. The monoisotopic (exact) mass is 170 g/mol. The van der Waals surface area contributed by atoms with Crippen molar-refractivity contribution in [3.8, 4) is 12.3 Å². The number of hydrogen-bond donors (Lipinski definition) is 0. The Morgan fingerprint density at radius 1 is 1.54 bits per heavy atom. The molecule has 0 aliphatic carbocycles. The summed E-state index contributed by atoms with van der Waals surface area (Å²) < 4.78 is 1.91. The number of nitrogens with zero attached hydrogens (tertiary/aromatic N) is 2. The lowest BCUT2D eigenvalue weighted by molar-refractivity contribution is 0.668. The molecule has 0 aliphatic rings. The zero-order chi connectivity index (χ0) is 9.26. The van der Waals surface area contributed by atoms with E-state index in [0.717, 1.165) is 23.0 Å². The first kappa shape index (κ1) is 7.88. The molecule has 0 saturated heterocycles. The van der Waals surface area contributed by atoms with Gasteiger partial charge in [-0.15, -0.1) is 6.42 Å². The van der Waals surface area contributed by atoms with Crippen molar-refractivity contribution in [3.63, 3.8) is 0 Å². The highest BCUT2D eigenvalue weighted by atomic mass is 15.3. The number of fused-ring (bicyclic) bond motifs is 1. The van der Waals surface area contributed by atoms with E-state index in [-0.39, 0.29) is 0 Å². The van der Waals surface area contributed by atoms with Crippen LogP contribution in [0.4, 0.5) is 0 Å². The van der Waals surface area contributed by atoms with Gasteiger partial charge in [0.25, 0.3) is 0 Å². The van der Waals surface area contributed by atoms with Gasteiger partial charge in [-0.1, -0.05) is 5.92 Å². The Hall–Kier alpha value is -1.75. The molecule has 0 saturated carbocycles. The molecule has 2 nitrogen and oxygen atoms in total. The summed E-state index contributed by atoms with van der Waals surface area (Å²) in [6, 6.07) is 5.87. The summed E-state index contributed by atoms with van der Waals surface area (Å²) in [4.78, 5) is 0. The highest BCUT2D eigenvalue weighted by Gasteiger charge is 1.98. The number of rotatable bonds is 1. The van der Waals surface area contributed by atoms with Crippen LogP contribution in [0, 0.1) is 12.3 Å². The third kappa shape index (κ3) is 1.29. The molecule has 0 unspecified atom stereocenters. The Labute approximate surface area is 77.2 Å². The Morgan fingerprint density at radius 3 is 3.08 bits per heavy atom. The van der Waals surface area contributed by atoms with Crippen LogP contribution >= 0.6 is 0 Å². The third-order valence-electron chi connectivity index (χ3n) is 2.05. The number of benzene rings is 1. The van der Waals surface area contributed by atoms with Gasteiger partial charge < -0.3 is 0 Å². The average Bonchev–Trinajstić information content (AvgIpc) is 2.58. The maximum absolute atomic E-state index is 5.30. The Morgan fingerprint density at radius 2 is 2.38 bits per heavy atom. The summed E-state index contributed by atoms with van der Waals surface area (Å²) in [5.74, 6) is 2.60. The van der Waals surface area contributed by atoms with Gasteiger partial charge in [0.1, 0.15) is 0 Å². The Bertz CT molecular complexity index is 474. The lowest BCUT2D eigenvalue weighted by atomic mass is 10.2. The van der Waals surface area contributed by atoms with Crippen LogP contribution < -0.4 is 0 Å². The molecule has 0 radical (unpaired) electrons. The van der Waals surface area contributed by atoms with Crippen LogP contribution in [0.1, 0.15) is 12.5 Å². The maximum atomic E-state index is 5.30. The summed E-state index contributed by atoms with van der Waals surface area (Å²) in [6.45, 7) is 2.95. The molecule has 2 aromatic rings. The maximum Gasteiger partial charge on any atom is 0.0935 e. The molecule has 2 rings (SSSR count). The minimum Gasteiger partial charge on any atom is -0.272 e. The van der Waals surface area contributed by atoms with Gasteiger partial charge in [-0.05, 0) is 25.1 Å². The molecule has 0 aliphatic heterocycles. The van der Waals surface area contributed by atoms with E-state index in [4.69, 9.17) is 6.42 Å². The first-order valence-electron chi connectivity index (χ1n) is 4.27. The minimum atomic E-state index is 0.883. The van der Waals surface area contributed by atoms with Crippen molar-refractivity contribution in [2.45, 2.75) is 13.5 Å². The fraction of sp³-hybridized carbons (Fsp3) is 0.182. The molecule has 2 heteroatoms. The molecule has 1 aromatic carbocycles. The van der Waals surface area contributed by atoms with E-state index in [1.807, 2.05) is 29.1 Å². The molecule has 13 heavy (non-hydrogen) atoms. The minimum absolute atomic E-state index is 0.883. The molecule has 0 spiro atoms. The molecule has 0 N–H and O–H groups in total. The van der Waals surface area contributed by atoms with Crippen LogP contribution in [0.2, 0.25) is 0 Å². The second-order valence-electron chi connectivity index (χ2n) is 2.90. The van der Waals surface area contributed by atoms with Gasteiger partial charge in [0, 0.05) is 23.7 Å². The highest BCUT2D eigenvalue weighted by molar-refractivity contribution is 5.79. The third-order valence-corrected chi connectivity index (χ3v) is 2.05. The summed E-state index contributed by atoms with van der Waals surface area (Å²) in [5.41, 5.74) is 1.85. The van der Waals surface area contributed by atoms with Crippen molar-refractivity contribution in [2.24, 2.45) is 0 Å². The van der Waals surface area contributed by atoms with E-state index >= 15 is 0 Å². The standard InChI is InChI=1S/C11H10N2/c1-3-9-5-6-10-8-13(4-2)12-11(10)7-9/h1,5-8H,4H2,2H3. The largest absolute Gasteiger partial charge is 0.272 e. The van der Waals surface area contributed by atoms with Gasteiger partial charge in [-0.25, -0.2) is 0 Å². The van der Waals surface area contributed by atoms with E-state index in [1.165, 1.54) is 0 Å². The van der Waals surface area contributed by atoms with Crippen LogP contribution in [0.3, 0.4) is 0 Å². The predicted octanol–water partition coefficient (Wildman–Crippen LogP) is 2.04. The second-order valence-corrected chi connectivity index (χ2v) is 2.90. The molecular formula is C11H10N2. The van der Waals surface area contributed by atoms with Crippen molar-refractivity contribution in [2.75, 3.05) is 0 Å². The summed E-state index contributed by atoms with van der Waals surface area (Å²) in [7, 11) is 0. The zero-order valence-corrected chi connectivity index (χ0v) is 7.49. The van der Waals surface area contributed by atoms with Crippen molar-refractivity contribution in [1.29, 1.82) is 0 Å². The van der Waals surface area contributed by atoms with Crippen LogP contribution in [-0.2, 0) is 6.54 Å². The zero-order valence-electron chi connectivity index (χ0n) is 7.49. The fourth-order valence-electron chi connectivity index (χ4n) is 1.32. The summed E-state index contributed by atoms with van der Waals surface area (Å²) >= 11 is 0. The Balaban J connectivity index is 2.65. The van der Waals surface area contributed by atoms with E-state index in [1.54, 1.807) is 0 Å². The van der Waals surface area contributed by atoms with E-state index in [9.17, 15) is 0 Å². The van der Waals surface area contributed by atoms with Crippen molar-refractivity contribution < 1.29 is 0 Å². The van der Waals surface area contributed by atoms with E-state index in [2.05, 4.69) is 17.9 Å². The lowest BCUT2D eigenvalue weighted by Gasteiger charge is -1.89. The molecule has 0 bridgehead atoms. The van der Waals surface area contributed by atoms with Crippen LogP contribution in [0.25, 0.3) is 10.9 Å². The topological polar surface area (TPSA) is 17.8 Å².